The van der Waals surface area contributed by atoms with Gasteiger partial charge in [0.25, 0.3) is 0 Å². The van der Waals surface area contributed by atoms with Crippen molar-refractivity contribution < 1.29 is 4.79 Å². The SMILES string of the molecule is O=C(Cn1cccn1)N1CCC(n2nccn2)CC1. The fourth-order valence-corrected chi connectivity index (χ4v) is 2.39. The monoisotopic (exact) mass is 260 g/mol. The summed E-state index contributed by atoms with van der Waals surface area (Å²) in [6.07, 6.45) is 8.67. The summed E-state index contributed by atoms with van der Waals surface area (Å²) in [6.45, 7) is 1.83. The topological polar surface area (TPSA) is 68.8 Å². The zero-order valence-corrected chi connectivity index (χ0v) is 10.6. The van der Waals surface area contributed by atoms with Gasteiger partial charge >= 0.3 is 0 Å². The van der Waals surface area contributed by atoms with Gasteiger partial charge in [-0.2, -0.15) is 20.1 Å². The molecule has 0 saturated carbocycles. The normalized spacial score (nSPS) is 16.7. The summed E-state index contributed by atoms with van der Waals surface area (Å²) in [7, 11) is 0. The molecule has 0 spiro atoms. The molecule has 0 N–H and O–H groups in total. The van der Waals surface area contributed by atoms with Crippen LogP contribution in [-0.2, 0) is 11.3 Å². The number of carbonyl (C=O) groups excluding carboxylic acids is 1. The van der Waals surface area contributed by atoms with Crippen LogP contribution >= 0.6 is 0 Å². The maximum absolute atomic E-state index is 12.1. The van der Waals surface area contributed by atoms with E-state index in [-0.39, 0.29) is 5.91 Å². The van der Waals surface area contributed by atoms with Gasteiger partial charge in [-0.3, -0.25) is 9.48 Å². The van der Waals surface area contributed by atoms with Crippen molar-refractivity contribution in [1.82, 2.24) is 29.7 Å². The second-order valence-electron chi connectivity index (χ2n) is 4.67. The van der Waals surface area contributed by atoms with Gasteiger partial charge in [-0.25, -0.2) is 0 Å². The Balaban J connectivity index is 1.54. The van der Waals surface area contributed by atoms with Crippen molar-refractivity contribution in [2.24, 2.45) is 0 Å². The molecule has 3 heterocycles. The molecule has 1 aliphatic rings. The molecule has 0 aliphatic carbocycles. The Morgan fingerprint density at radius 3 is 2.47 bits per heavy atom. The van der Waals surface area contributed by atoms with Gasteiger partial charge in [0.2, 0.25) is 5.91 Å². The molecule has 0 radical (unpaired) electrons. The smallest absolute Gasteiger partial charge is 0.244 e. The van der Waals surface area contributed by atoms with Crippen LogP contribution in [0.1, 0.15) is 18.9 Å². The molecule has 0 unspecified atom stereocenters. The van der Waals surface area contributed by atoms with Gasteiger partial charge < -0.3 is 4.90 Å². The maximum Gasteiger partial charge on any atom is 0.244 e. The van der Waals surface area contributed by atoms with Crippen molar-refractivity contribution in [2.75, 3.05) is 13.1 Å². The molecule has 1 amide bonds. The minimum absolute atomic E-state index is 0.121. The third-order valence-electron chi connectivity index (χ3n) is 3.44. The summed E-state index contributed by atoms with van der Waals surface area (Å²) in [5.74, 6) is 0.121. The first-order chi connectivity index (χ1) is 9.33. The first-order valence-corrected chi connectivity index (χ1v) is 6.44. The molecule has 1 fully saturated rings. The lowest BCUT2D eigenvalue weighted by atomic mass is 10.1. The number of nitrogens with zero attached hydrogens (tertiary/aromatic N) is 6. The average Bonchev–Trinajstić information content (AvgIpc) is 3.12. The molecular formula is C12H16N6O. The largest absolute Gasteiger partial charge is 0.341 e. The fourth-order valence-electron chi connectivity index (χ4n) is 2.39. The van der Waals surface area contributed by atoms with Gasteiger partial charge in [0, 0.05) is 25.5 Å². The van der Waals surface area contributed by atoms with Crippen molar-refractivity contribution in [2.45, 2.75) is 25.4 Å². The van der Waals surface area contributed by atoms with Crippen molar-refractivity contribution in [3.63, 3.8) is 0 Å². The molecule has 7 nitrogen and oxygen atoms in total. The summed E-state index contributed by atoms with van der Waals surface area (Å²) < 4.78 is 1.66. The molecule has 0 bridgehead atoms. The molecule has 7 heteroatoms. The molecule has 2 aromatic heterocycles. The summed E-state index contributed by atoms with van der Waals surface area (Å²) in [5.41, 5.74) is 0. The molecule has 1 saturated heterocycles. The van der Waals surface area contributed by atoms with E-state index in [1.54, 1.807) is 34.3 Å². The van der Waals surface area contributed by atoms with E-state index < -0.39 is 0 Å². The standard InChI is InChI=1S/C12H16N6O/c19-12(10-17-7-1-4-13-17)16-8-2-11(3-9-16)18-14-5-6-15-18/h1,4-7,11H,2-3,8-10H2. The third kappa shape index (κ3) is 2.64. The fraction of sp³-hybridized carbons (Fsp3) is 0.500. The minimum Gasteiger partial charge on any atom is -0.341 e. The van der Waals surface area contributed by atoms with Gasteiger partial charge in [0.05, 0.1) is 18.4 Å². The number of aromatic nitrogens is 5. The van der Waals surface area contributed by atoms with Crippen LogP contribution in [-0.4, -0.2) is 48.7 Å². The van der Waals surface area contributed by atoms with E-state index >= 15 is 0 Å². The number of piperidine rings is 1. The number of amides is 1. The Morgan fingerprint density at radius 1 is 1.11 bits per heavy atom. The van der Waals surface area contributed by atoms with E-state index in [0.717, 1.165) is 25.9 Å². The van der Waals surface area contributed by atoms with Gasteiger partial charge in [-0.15, -0.1) is 0 Å². The van der Waals surface area contributed by atoms with Crippen LogP contribution in [0.4, 0.5) is 0 Å². The van der Waals surface area contributed by atoms with E-state index in [1.165, 1.54) is 0 Å². The Bertz CT molecular complexity index is 512. The van der Waals surface area contributed by atoms with Crippen molar-refractivity contribution in [3.8, 4) is 0 Å². The Hall–Kier alpha value is -2.18. The highest BCUT2D eigenvalue weighted by Crippen LogP contribution is 2.20. The molecule has 0 aromatic carbocycles. The predicted molar refractivity (Wildman–Crippen MR) is 67.1 cm³/mol. The predicted octanol–water partition coefficient (Wildman–Crippen LogP) is 0.338. The molecule has 3 rings (SSSR count). The van der Waals surface area contributed by atoms with E-state index in [2.05, 4.69) is 15.3 Å². The second-order valence-corrected chi connectivity index (χ2v) is 4.67. The lowest BCUT2D eigenvalue weighted by Crippen LogP contribution is -2.41. The number of hydrogen-bond acceptors (Lipinski definition) is 4. The highest BCUT2D eigenvalue weighted by molar-refractivity contribution is 5.75. The minimum atomic E-state index is 0.121. The van der Waals surface area contributed by atoms with Crippen LogP contribution in [0, 0.1) is 0 Å². The summed E-state index contributed by atoms with van der Waals surface area (Å²) in [4.78, 5) is 15.7. The second kappa shape index (κ2) is 5.21. The van der Waals surface area contributed by atoms with E-state index in [9.17, 15) is 4.79 Å². The van der Waals surface area contributed by atoms with Crippen molar-refractivity contribution >= 4 is 5.91 Å². The van der Waals surface area contributed by atoms with Crippen molar-refractivity contribution in [3.05, 3.63) is 30.9 Å². The Kier molecular flexibility index (Phi) is 3.26. The van der Waals surface area contributed by atoms with Crippen LogP contribution in [0.25, 0.3) is 0 Å². The van der Waals surface area contributed by atoms with Crippen LogP contribution in [0.3, 0.4) is 0 Å². The molecule has 100 valence electrons. The average molecular weight is 260 g/mol. The van der Waals surface area contributed by atoms with E-state index in [1.807, 2.05) is 11.0 Å². The number of rotatable bonds is 3. The third-order valence-corrected chi connectivity index (χ3v) is 3.44. The molecule has 1 aliphatic heterocycles. The number of likely N-dealkylation sites (tertiary alicyclic amines) is 1. The molecule has 2 aromatic rings. The highest BCUT2D eigenvalue weighted by atomic mass is 16.2. The lowest BCUT2D eigenvalue weighted by molar-refractivity contribution is -0.133. The quantitative estimate of drug-likeness (QED) is 0.798. The number of hydrogen-bond donors (Lipinski definition) is 0. The van der Waals surface area contributed by atoms with Gasteiger partial charge in [-0.05, 0) is 18.9 Å². The van der Waals surface area contributed by atoms with Gasteiger partial charge in [-0.1, -0.05) is 0 Å². The highest BCUT2D eigenvalue weighted by Gasteiger charge is 2.24. The zero-order valence-electron chi connectivity index (χ0n) is 10.6. The number of carbonyl (C=O) groups is 1. The maximum atomic E-state index is 12.1. The van der Waals surface area contributed by atoms with Crippen LogP contribution in [0.15, 0.2) is 30.9 Å². The summed E-state index contributed by atoms with van der Waals surface area (Å²) in [6, 6.07) is 2.13. The van der Waals surface area contributed by atoms with Crippen LogP contribution < -0.4 is 0 Å². The van der Waals surface area contributed by atoms with Crippen LogP contribution in [0.5, 0.6) is 0 Å². The summed E-state index contributed by atoms with van der Waals surface area (Å²) in [5, 5.41) is 12.4. The molecular weight excluding hydrogens is 244 g/mol. The van der Waals surface area contributed by atoms with Gasteiger partial charge in [0.1, 0.15) is 6.54 Å². The Labute approximate surface area is 110 Å². The molecule has 19 heavy (non-hydrogen) atoms. The lowest BCUT2D eigenvalue weighted by Gasteiger charge is -2.31. The zero-order chi connectivity index (χ0) is 13.1. The van der Waals surface area contributed by atoms with Crippen molar-refractivity contribution in [1.29, 1.82) is 0 Å². The molecule has 0 atom stereocenters. The van der Waals surface area contributed by atoms with E-state index in [4.69, 9.17) is 0 Å². The van der Waals surface area contributed by atoms with Crippen LogP contribution in [0.2, 0.25) is 0 Å². The first-order valence-electron chi connectivity index (χ1n) is 6.44. The summed E-state index contributed by atoms with van der Waals surface area (Å²) >= 11 is 0. The first kappa shape index (κ1) is 11.9. The van der Waals surface area contributed by atoms with Gasteiger partial charge in [0.15, 0.2) is 0 Å². The van der Waals surface area contributed by atoms with E-state index in [0.29, 0.717) is 12.6 Å². The Morgan fingerprint density at radius 2 is 1.84 bits per heavy atom.